The van der Waals surface area contributed by atoms with E-state index in [1.807, 2.05) is 7.05 Å². The summed E-state index contributed by atoms with van der Waals surface area (Å²) in [6, 6.07) is 0.728. The van der Waals surface area contributed by atoms with Gasteiger partial charge in [-0.3, -0.25) is 4.90 Å². The van der Waals surface area contributed by atoms with Crippen LogP contribution in [-0.4, -0.2) is 58.9 Å². The van der Waals surface area contributed by atoms with Crippen molar-refractivity contribution in [2.75, 3.05) is 19.6 Å². The van der Waals surface area contributed by atoms with Crippen LogP contribution in [-0.2, 0) is 17.1 Å². The highest BCUT2D eigenvalue weighted by Gasteiger charge is 2.48. The molecule has 3 fully saturated rings. The van der Waals surface area contributed by atoms with Crippen LogP contribution in [0.2, 0.25) is 0 Å². The lowest BCUT2D eigenvalue weighted by Crippen LogP contribution is -2.60. The maximum absolute atomic E-state index is 13.3. The third-order valence-corrected chi connectivity index (χ3v) is 8.63. The topological polar surface area (TPSA) is 58.4 Å². The van der Waals surface area contributed by atoms with Gasteiger partial charge < -0.3 is 4.57 Å². The summed E-state index contributed by atoms with van der Waals surface area (Å²) in [6.07, 6.45) is 12.7. The van der Waals surface area contributed by atoms with E-state index >= 15 is 0 Å². The van der Waals surface area contributed by atoms with Gasteiger partial charge in [0.15, 0.2) is 5.03 Å². The summed E-state index contributed by atoms with van der Waals surface area (Å²) >= 11 is 0. The first-order valence-electron chi connectivity index (χ1n) is 9.98. The van der Waals surface area contributed by atoms with Crippen molar-refractivity contribution < 1.29 is 8.42 Å². The quantitative estimate of drug-likeness (QED) is 0.741. The first kappa shape index (κ1) is 17.0. The number of nitrogens with zero attached hydrogens (tertiary/aromatic N) is 4. The normalized spacial score (nSPS) is 35.5. The first-order chi connectivity index (χ1) is 12.5. The average molecular weight is 377 g/mol. The van der Waals surface area contributed by atoms with E-state index in [0.717, 1.165) is 25.8 Å². The monoisotopic (exact) mass is 376 g/mol. The van der Waals surface area contributed by atoms with Crippen molar-refractivity contribution in [3.05, 3.63) is 24.2 Å². The van der Waals surface area contributed by atoms with Gasteiger partial charge in [0.1, 0.15) is 0 Å². The number of piperidine rings is 3. The molecular formula is C19H28N4O2S. The first-order valence-corrected chi connectivity index (χ1v) is 11.4. The van der Waals surface area contributed by atoms with Gasteiger partial charge in [0.2, 0.25) is 0 Å². The minimum atomic E-state index is -3.54. The number of imidazole rings is 1. The van der Waals surface area contributed by atoms with Crippen LogP contribution in [0.4, 0.5) is 0 Å². The number of hydrogen-bond acceptors (Lipinski definition) is 4. The van der Waals surface area contributed by atoms with Crippen molar-refractivity contribution in [2.45, 2.75) is 55.6 Å². The Morgan fingerprint density at radius 1 is 1.19 bits per heavy atom. The zero-order valence-corrected chi connectivity index (χ0v) is 16.2. The molecule has 3 aliphatic heterocycles. The molecule has 4 heterocycles. The molecular weight excluding hydrogens is 348 g/mol. The highest BCUT2D eigenvalue weighted by molar-refractivity contribution is 7.89. The molecule has 4 aliphatic rings. The smallest absolute Gasteiger partial charge is 0.262 e. The van der Waals surface area contributed by atoms with Crippen LogP contribution in [0.5, 0.6) is 0 Å². The van der Waals surface area contributed by atoms with Crippen LogP contribution >= 0.6 is 0 Å². The molecule has 0 unspecified atom stereocenters. The molecule has 0 N–H and O–H groups in total. The molecule has 2 bridgehead atoms. The van der Waals surface area contributed by atoms with E-state index in [0.29, 0.717) is 24.4 Å². The van der Waals surface area contributed by atoms with E-state index in [1.54, 1.807) is 21.4 Å². The third kappa shape index (κ3) is 2.59. The van der Waals surface area contributed by atoms with E-state index < -0.39 is 10.0 Å². The molecule has 4 atom stereocenters. The summed E-state index contributed by atoms with van der Waals surface area (Å²) in [5.74, 6) is 1.05. The van der Waals surface area contributed by atoms with Crippen LogP contribution in [0.1, 0.15) is 38.5 Å². The van der Waals surface area contributed by atoms with Crippen molar-refractivity contribution in [2.24, 2.45) is 18.9 Å². The molecule has 0 amide bonds. The maximum Gasteiger partial charge on any atom is 0.262 e. The second-order valence-corrected chi connectivity index (χ2v) is 10.3. The molecule has 0 saturated carbocycles. The Bertz CT molecular complexity index is 830. The van der Waals surface area contributed by atoms with E-state index in [1.165, 1.54) is 31.4 Å². The summed E-state index contributed by atoms with van der Waals surface area (Å²) in [7, 11) is -1.72. The van der Waals surface area contributed by atoms with Gasteiger partial charge in [-0.2, -0.15) is 4.31 Å². The Morgan fingerprint density at radius 2 is 2.08 bits per heavy atom. The zero-order chi connectivity index (χ0) is 17.9. The van der Waals surface area contributed by atoms with Crippen molar-refractivity contribution in [1.82, 2.24) is 18.8 Å². The summed E-state index contributed by atoms with van der Waals surface area (Å²) in [4.78, 5) is 6.80. The van der Waals surface area contributed by atoms with Crippen LogP contribution in [0, 0.1) is 11.8 Å². The predicted molar refractivity (Wildman–Crippen MR) is 99.0 cm³/mol. The van der Waals surface area contributed by atoms with Gasteiger partial charge in [-0.25, -0.2) is 13.4 Å². The van der Waals surface area contributed by atoms with E-state index in [4.69, 9.17) is 0 Å². The number of rotatable bonds is 2. The molecule has 1 aromatic rings. The average Bonchev–Trinajstić information content (AvgIpc) is 3.08. The van der Waals surface area contributed by atoms with Crippen LogP contribution < -0.4 is 0 Å². The Morgan fingerprint density at radius 3 is 2.88 bits per heavy atom. The summed E-state index contributed by atoms with van der Waals surface area (Å²) < 4.78 is 30.1. The molecule has 0 aromatic carbocycles. The number of hydrogen-bond donors (Lipinski definition) is 0. The summed E-state index contributed by atoms with van der Waals surface area (Å²) in [5.41, 5.74) is 1.38. The maximum atomic E-state index is 13.3. The molecule has 26 heavy (non-hydrogen) atoms. The van der Waals surface area contributed by atoms with E-state index in [2.05, 4.69) is 16.0 Å². The Balaban J connectivity index is 1.51. The van der Waals surface area contributed by atoms with E-state index in [9.17, 15) is 8.42 Å². The van der Waals surface area contributed by atoms with Crippen molar-refractivity contribution >= 4 is 10.0 Å². The molecule has 6 nitrogen and oxygen atoms in total. The molecule has 7 heteroatoms. The Kier molecular flexibility index (Phi) is 4.03. The Hall–Kier alpha value is -1.18. The molecule has 1 aliphatic carbocycles. The van der Waals surface area contributed by atoms with E-state index in [-0.39, 0.29) is 11.1 Å². The number of sulfonamides is 1. The van der Waals surface area contributed by atoms with Crippen molar-refractivity contribution in [3.8, 4) is 0 Å². The summed E-state index contributed by atoms with van der Waals surface area (Å²) in [5, 5.41) is 0.190. The van der Waals surface area contributed by atoms with Gasteiger partial charge in [-0.1, -0.05) is 18.1 Å². The number of aromatic nitrogens is 2. The summed E-state index contributed by atoms with van der Waals surface area (Å²) in [6.45, 7) is 2.85. The fourth-order valence-corrected chi connectivity index (χ4v) is 7.53. The molecule has 142 valence electrons. The predicted octanol–water partition coefficient (Wildman–Crippen LogP) is 2.00. The lowest BCUT2D eigenvalue weighted by molar-refractivity contribution is 0.0149. The largest absolute Gasteiger partial charge is 0.339 e. The van der Waals surface area contributed by atoms with Crippen LogP contribution in [0.15, 0.2) is 29.2 Å². The molecule has 0 radical (unpaired) electrons. The fraction of sp³-hybridized carbons (Fsp3) is 0.737. The minimum absolute atomic E-state index is 0.0369. The second-order valence-electron chi connectivity index (χ2n) is 8.50. The van der Waals surface area contributed by atoms with Crippen molar-refractivity contribution in [1.29, 1.82) is 0 Å². The highest BCUT2D eigenvalue weighted by Crippen LogP contribution is 2.46. The van der Waals surface area contributed by atoms with Gasteiger partial charge in [0.05, 0.1) is 12.4 Å². The number of fused-ring (bicyclic) bond motifs is 6. The standard InChI is InChI=1S/C19H28N4O2S/c1-21-12-18(20-13-21)26(24,25)23-8-4-5-14-9-15-10-16(19(14)23)11-22-7-3-2-6-17(15)22/h9,12-13,15-17,19H,2-8,10-11H2,1H3/t15-,16+,17+,19+/m0/s1. The SMILES string of the molecule is Cn1cnc(S(=O)(=O)N2CCCC3=C[C@H]4C[C@H](CN5CCCC[C@H]45)[C@@H]32)c1. The van der Waals surface area contributed by atoms with Gasteiger partial charge >= 0.3 is 0 Å². The second kappa shape index (κ2) is 6.17. The minimum Gasteiger partial charge on any atom is -0.339 e. The van der Waals surface area contributed by atoms with Crippen molar-refractivity contribution in [3.63, 3.8) is 0 Å². The van der Waals surface area contributed by atoms with Gasteiger partial charge in [-0.05, 0) is 50.5 Å². The number of aryl methyl sites for hydroxylation is 1. The van der Waals surface area contributed by atoms with Gasteiger partial charge in [0.25, 0.3) is 10.0 Å². The lowest BCUT2D eigenvalue weighted by Gasteiger charge is -2.54. The molecule has 1 aromatic heterocycles. The van der Waals surface area contributed by atoms with Gasteiger partial charge in [0, 0.05) is 32.4 Å². The highest BCUT2D eigenvalue weighted by atomic mass is 32.2. The third-order valence-electron chi connectivity index (χ3n) is 6.87. The lowest BCUT2D eigenvalue weighted by atomic mass is 9.68. The molecule has 3 saturated heterocycles. The Labute approximate surface area is 155 Å². The van der Waals surface area contributed by atoms with Gasteiger partial charge in [-0.15, -0.1) is 0 Å². The fourth-order valence-electron chi connectivity index (χ4n) is 5.84. The van der Waals surface area contributed by atoms with Crippen LogP contribution in [0.25, 0.3) is 0 Å². The molecule has 5 rings (SSSR count). The zero-order valence-electron chi connectivity index (χ0n) is 15.4. The molecule has 0 spiro atoms. The van der Waals surface area contributed by atoms with Crippen LogP contribution in [0.3, 0.4) is 0 Å².